The summed E-state index contributed by atoms with van der Waals surface area (Å²) in [5, 5.41) is 19.1. The van der Waals surface area contributed by atoms with E-state index in [9.17, 15) is 9.90 Å². The second-order valence-corrected chi connectivity index (χ2v) is 11.2. The van der Waals surface area contributed by atoms with E-state index in [1.165, 1.54) is 0 Å². The SMILES string of the molecule is CC(C)n1c(=O)n(C)c2c(C34CCNCC3C4)nc3[nH]c(-c4cnn(CC(C)(C)O)c4)cc3c21. The van der Waals surface area contributed by atoms with Gasteiger partial charge in [-0.25, -0.2) is 9.78 Å². The van der Waals surface area contributed by atoms with Crippen molar-refractivity contribution in [3.05, 3.63) is 34.6 Å². The highest BCUT2D eigenvalue weighted by Gasteiger charge is 2.58. The normalized spacial score (nSPS) is 22.7. The van der Waals surface area contributed by atoms with Gasteiger partial charge in [0.25, 0.3) is 0 Å². The number of piperidine rings is 1. The third-order valence-corrected chi connectivity index (χ3v) is 7.65. The number of hydrogen-bond donors (Lipinski definition) is 3. The van der Waals surface area contributed by atoms with Crippen molar-refractivity contribution in [2.45, 2.75) is 64.1 Å². The molecule has 2 aliphatic rings. The van der Waals surface area contributed by atoms with Crippen LogP contribution in [-0.2, 0) is 19.0 Å². The van der Waals surface area contributed by atoms with Gasteiger partial charge in [0.15, 0.2) is 0 Å². The van der Waals surface area contributed by atoms with Crippen LogP contribution in [0.3, 0.4) is 0 Å². The van der Waals surface area contributed by atoms with Crippen LogP contribution in [0.2, 0.25) is 0 Å². The predicted molar refractivity (Wildman–Crippen MR) is 132 cm³/mol. The summed E-state index contributed by atoms with van der Waals surface area (Å²) in [6.07, 6.45) is 5.90. The highest BCUT2D eigenvalue weighted by molar-refractivity contribution is 6.05. The number of aromatic amines is 1. The minimum absolute atomic E-state index is 0.00355. The lowest BCUT2D eigenvalue weighted by Crippen LogP contribution is -2.32. The van der Waals surface area contributed by atoms with Crippen molar-refractivity contribution in [3.8, 4) is 11.3 Å². The number of H-pyrrole nitrogens is 1. The van der Waals surface area contributed by atoms with Crippen molar-refractivity contribution in [2.24, 2.45) is 13.0 Å². The molecule has 2 unspecified atom stereocenters. The number of pyridine rings is 1. The summed E-state index contributed by atoms with van der Waals surface area (Å²) in [7, 11) is 1.88. The molecule has 3 N–H and O–H groups in total. The van der Waals surface area contributed by atoms with Crippen LogP contribution in [0.4, 0.5) is 0 Å². The Balaban J connectivity index is 1.59. The molecule has 6 rings (SSSR count). The van der Waals surface area contributed by atoms with Gasteiger partial charge < -0.3 is 15.4 Å². The highest BCUT2D eigenvalue weighted by Crippen LogP contribution is 2.58. The second-order valence-electron chi connectivity index (χ2n) is 11.2. The van der Waals surface area contributed by atoms with Crippen molar-refractivity contribution in [3.63, 3.8) is 0 Å². The second kappa shape index (κ2) is 7.05. The molecule has 4 aromatic rings. The average molecular weight is 464 g/mol. The maximum Gasteiger partial charge on any atom is 0.329 e. The molecule has 9 heteroatoms. The average Bonchev–Trinajstić information content (AvgIpc) is 3.00. The van der Waals surface area contributed by atoms with Gasteiger partial charge in [0.05, 0.1) is 40.8 Å². The largest absolute Gasteiger partial charge is 0.389 e. The zero-order valence-electron chi connectivity index (χ0n) is 20.5. The summed E-state index contributed by atoms with van der Waals surface area (Å²) in [4.78, 5) is 22.1. The molecule has 34 heavy (non-hydrogen) atoms. The fraction of sp³-hybridized carbons (Fsp3) is 0.560. The van der Waals surface area contributed by atoms with E-state index in [-0.39, 0.29) is 17.1 Å². The van der Waals surface area contributed by atoms with Crippen LogP contribution in [0.5, 0.6) is 0 Å². The fourth-order valence-corrected chi connectivity index (χ4v) is 5.95. The number of nitrogens with one attached hydrogen (secondary N) is 2. The summed E-state index contributed by atoms with van der Waals surface area (Å²) in [5.74, 6) is 0.571. The molecule has 5 heterocycles. The number of aliphatic hydroxyl groups is 1. The zero-order valence-corrected chi connectivity index (χ0v) is 20.5. The Morgan fingerprint density at radius 3 is 2.82 bits per heavy atom. The van der Waals surface area contributed by atoms with E-state index in [1.807, 2.05) is 17.8 Å². The number of imidazole rings is 1. The van der Waals surface area contributed by atoms with Gasteiger partial charge in [0, 0.05) is 35.7 Å². The Hall–Kier alpha value is -2.91. The fourth-order valence-electron chi connectivity index (χ4n) is 5.95. The van der Waals surface area contributed by atoms with E-state index >= 15 is 0 Å². The first kappa shape index (κ1) is 21.6. The van der Waals surface area contributed by atoms with E-state index in [0.717, 1.165) is 64.9 Å². The van der Waals surface area contributed by atoms with E-state index in [0.29, 0.717) is 12.5 Å². The summed E-state index contributed by atoms with van der Waals surface area (Å²) in [5.41, 5.74) is 4.85. The van der Waals surface area contributed by atoms with Gasteiger partial charge in [0.1, 0.15) is 5.65 Å². The summed E-state index contributed by atoms with van der Waals surface area (Å²) in [6.45, 7) is 10.1. The molecule has 0 amide bonds. The van der Waals surface area contributed by atoms with Crippen molar-refractivity contribution >= 4 is 22.1 Å². The number of nitrogens with zero attached hydrogens (tertiary/aromatic N) is 5. The van der Waals surface area contributed by atoms with Crippen LogP contribution in [-0.4, -0.2) is 52.7 Å². The molecular weight excluding hydrogens is 430 g/mol. The van der Waals surface area contributed by atoms with Crippen molar-refractivity contribution < 1.29 is 5.11 Å². The van der Waals surface area contributed by atoms with Gasteiger partial charge in [-0.05, 0) is 65.6 Å². The van der Waals surface area contributed by atoms with E-state index < -0.39 is 5.60 Å². The number of aryl methyl sites for hydroxylation is 1. The van der Waals surface area contributed by atoms with E-state index in [4.69, 9.17) is 4.98 Å². The third-order valence-electron chi connectivity index (χ3n) is 7.65. The molecule has 1 aliphatic heterocycles. The summed E-state index contributed by atoms with van der Waals surface area (Å²) >= 11 is 0. The van der Waals surface area contributed by atoms with Crippen molar-refractivity contribution in [2.75, 3.05) is 13.1 Å². The van der Waals surface area contributed by atoms with Crippen LogP contribution in [0, 0.1) is 5.92 Å². The summed E-state index contributed by atoms with van der Waals surface area (Å²) < 4.78 is 5.47. The Bertz CT molecular complexity index is 1480. The summed E-state index contributed by atoms with van der Waals surface area (Å²) in [6, 6.07) is 2.12. The van der Waals surface area contributed by atoms with Gasteiger partial charge in [-0.15, -0.1) is 0 Å². The van der Waals surface area contributed by atoms with Crippen LogP contribution in [0.15, 0.2) is 23.3 Å². The smallest absolute Gasteiger partial charge is 0.329 e. The lowest BCUT2D eigenvalue weighted by atomic mass is 9.90. The number of aromatic nitrogens is 6. The molecule has 1 saturated heterocycles. The first-order chi connectivity index (χ1) is 16.1. The maximum atomic E-state index is 13.4. The Labute approximate surface area is 197 Å². The molecule has 0 aromatic carbocycles. The first-order valence-corrected chi connectivity index (χ1v) is 12.2. The molecule has 2 atom stereocenters. The molecule has 1 saturated carbocycles. The number of hydrogen-bond acceptors (Lipinski definition) is 5. The monoisotopic (exact) mass is 463 g/mol. The maximum absolute atomic E-state index is 13.4. The Kier molecular flexibility index (Phi) is 4.48. The van der Waals surface area contributed by atoms with Crippen LogP contribution >= 0.6 is 0 Å². The Morgan fingerprint density at radius 2 is 2.12 bits per heavy atom. The molecule has 1 aliphatic carbocycles. The molecule has 9 nitrogen and oxygen atoms in total. The lowest BCUT2D eigenvalue weighted by molar-refractivity contribution is 0.0577. The highest BCUT2D eigenvalue weighted by atomic mass is 16.3. The van der Waals surface area contributed by atoms with Gasteiger partial charge in [-0.2, -0.15) is 5.10 Å². The van der Waals surface area contributed by atoms with Crippen LogP contribution in [0.25, 0.3) is 33.3 Å². The van der Waals surface area contributed by atoms with Crippen molar-refractivity contribution in [1.29, 1.82) is 0 Å². The van der Waals surface area contributed by atoms with Crippen LogP contribution in [0.1, 0.15) is 52.3 Å². The molecule has 4 aromatic heterocycles. The molecule has 0 spiro atoms. The number of rotatable bonds is 5. The quantitative estimate of drug-likeness (QED) is 0.422. The minimum atomic E-state index is -0.849. The third kappa shape index (κ3) is 3.10. The molecular formula is C25H33N7O2. The standard InChI is InChI=1S/C25H33N7O2/c1-14(2)32-19-17-8-18(15-10-27-31(12-15)13-24(3,4)34)28-22(17)29-21(20(19)30(5)23(32)33)25-6-7-26-11-16(25)9-25/h8,10,12,14,16,26,34H,6-7,9,11,13H2,1-5H3,(H,28,29). The molecule has 0 bridgehead atoms. The molecule has 0 radical (unpaired) electrons. The molecule has 180 valence electrons. The van der Waals surface area contributed by atoms with Gasteiger partial charge in [0.2, 0.25) is 0 Å². The van der Waals surface area contributed by atoms with Crippen molar-refractivity contribution in [1.82, 2.24) is 34.2 Å². The van der Waals surface area contributed by atoms with Gasteiger partial charge in [-0.3, -0.25) is 13.8 Å². The van der Waals surface area contributed by atoms with E-state index in [2.05, 4.69) is 35.3 Å². The van der Waals surface area contributed by atoms with E-state index in [1.54, 1.807) is 29.3 Å². The minimum Gasteiger partial charge on any atom is -0.389 e. The van der Waals surface area contributed by atoms with Crippen LogP contribution < -0.4 is 11.0 Å². The predicted octanol–water partition coefficient (Wildman–Crippen LogP) is 2.68. The molecule has 2 fully saturated rings. The number of fused-ring (bicyclic) bond motifs is 4. The zero-order chi connectivity index (χ0) is 24.0. The lowest BCUT2D eigenvalue weighted by Gasteiger charge is -2.23. The topological polar surface area (TPSA) is 106 Å². The van der Waals surface area contributed by atoms with Gasteiger partial charge >= 0.3 is 5.69 Å². The Morgan fingerprint density at radius 1 is 1.32 bits per heavy atom. The van der Waals surface area contributed by atoms with Gasteiger partial charge in [-0.1, -0.05) is 0 Å². The first-order valence-electron chi connectivity index (χ1n) is 12.2.